The van der Waals surface area contributed by atoms with Crippen molar-refractivity contribution in [2.75, 3.05) is 13.1 Å². The van der Waals surface area contributed by atoms with Gasteiger partial charge in [-0.1, -0.05) is 11.6 Å². The molecule has 0 aliphatic carbocycles. The Morgan fingerprint density at radius 3 is 2.62 bits per heavy atom. The van der Waals surface area contributed by atoms with Gasteiger partial charge in [0.25, 0.3) is 5.92 Å². The van der Waals surface area contributed by atoms with Crippen molar-refractivity contribution in [1.82, 2.24) is 10.0 Å². The van der Waals surface area contributed by atoms with E-state index in [-0.39, 0.29) is 18.3 Å². The van der Waals surface area contributed by atoms with Gasteiger partial charge in [-0.25, -0.2) is 23.8 Å². The molecule has 4 nitrogen and oxygen atoms in total. The lowest BCUT2D eigenvalue weighted by molar-refractivity contribution is -0.0257. The number of alkyl halides is 3. The minimum Gasteiger partial charge on any atom is -0.226 e. The fourth-order valence-corrected chi connectivity index (χ4v) is 2.05. The summed E-state index contributed by atoms with van der Waals surface area (Å²) in [5, 5.41) is 1.51. The van der Waals surface area contributed by atoms with Crippen molar-refractivity contribution in [1.29, 1.82) is 0 Å². The molecule has 0 aromatic carbocycles. The Morgan fingerprint density at radius 2 is 2.12 bits per heavy atom. The predicted octanol–water partition coefficient (Wildman–Crippen LogP) is 2.00. The molecule has 0 aromatic rings. The highest BCUT2D eigenvalue weighted by atomic mass is 35.5. The van der Waals surface area contributed by atoms with Crippen LogP contribution in [0, 0.1) is 0 Å². The number of nitrogens with zero attached hydrogens (tertiary/aromatic N) is 4. The lowest BCUT2D eigenvalue weighted by Crippen LogP contribution is -2.49. The summed E-state index contributed by atoms with van der Waals surface area (Å²) in [7, 11) is 0. The third-order valence-electron chi connectivity index (χ3n) is 2.24. The van der Waals surface area contributed by atoms with Crippen LogP contribution in [0.1, 0.15) is 6.42 Å². The van der Waals surface area contributed by atoms with Crippen LogP contribution in [0.15, 0.2) is 9.98 Å². The largest absolute Gasteiger partial charge is 0.305 e. The SMILES string of the molecule is FC1=NC(Cl)=NC(Cl)N1N1CCC(F)(F)C1. The van der Waals surface area contributed by atoms with Crippen molar-refractivity contribution < 1.29 is 13.2 Å². The molecule has 16 heavy (non-hydrogen) atoms. The molecular formula is C7H7Cl2F3N4. The highest BCUT2D eigenvalue weighted by Crippen LogP contribution is 2.30. The van der Waals surface area contributed by atoms with Gasteiger partial charge in [-0.05, 0) is 11.6 Å². The number of hydrogen-bond acceptors (Lipinski definition) is 4. The Morgan fingerprint density at radius 1 is 1.44 bits per heavy atom. The number of aliphatic imine (C=N–C) groups is 2. The monoisotopic (exact) mass is 274 g/mol. The van der Waals surface area contributed by atoms with Gasteiger partial charge in [0.15, 0.2) is 0 Å². The van der Waals surface area contributed by atoms with Crippen LogP contribution in [0.2, 0.25) is 0 Å². The van der Waals surface area contributed by atoms with Crippen LogP contribution in [0.5, 0.6) is 0 Å². The molecule has 0 amide bonds. The van der Waals surface area contributed by atoms with E-state index in [1.807, 2.05) is 0 Å². The van der Waals surface area contributed by atoms with E-state index in [4.69, 9.17) is 23.2 Å². The Labute approximate surface area is 99.3 Å². The van der Waals surface area contributed by atoms with Crippen molar-refractivity contribution in [2.45, 2.75) is 18.0 Å². The van der Waals surface area contributed by atoms with Crippen LogP contribution in [0.4, 0.5) is 13.2 Å². The smallest absolute Gasteiger partial charge is 0.226 e. The van der Waals surface area contributed by atoms with Gasteiger partial charge in [-0.15, -0.1) is 0 Å². The van der Waals surface area contributed by atoms with Crippen molar-refractivity contribution in [3.8, 4) is 0 Å². The van der Waals surface area contributed by atoms with Gasteiger partial charge in [0, 0.05) is 13.0 Å². The molecule has 1 saturated heterocycles. The average molecular weight is 275 g/mol. The molecule has 0 N–H and O–H groups in total. The van der Waals surface area contributed by atoms with Crippen LogP contribution in [0.25, 0.3) is 0 Å². The van der Waals surface area contributed by atoms with Crippen LogP contribution in [-0.2, 0) is 0 Å². The number of halogens is 5. The summed E-state index contributed by atoms with van der Waals surface area (Å²) in [6.45, 7) is -0.613. The van der Waals surface area contributed by atoms with Crippen molar-refractivity contribution in [3.63, 3.8) is 0 Å². The van der Waals surface area contributed by atoms with Crippen LogP contribution in [-0.4, -0.2) is 46.0 Å². The van der Waals surface area contributed by atoms with Crippen LogP contribution >= 0.6 is 23.2 Å². The van der Waals surface area contributed by atoms with Gasteiger partial charge in [-0.2, -0.15) is 9.38 Å². The summed E-state index contributed by atoms with van der Waals surface area (Å²) in [6, 6.07) is 0. The second-order valence-electron chi connectivity index (χ2n) is 3.43. The van der Waals surface area contributed by atoms with E-state index in [1.165, 1.54) is 0 Å². The first-order chi connectivity index (χ1) is 7.39. The molecule has 1 fully saturated rings. The standard InChI is InChI=1S/C7H7Cl2F3N4/c8-4-13-5(9)16(6(10)14-4)15-2-1-7(11,12)3-15/h5H,1-3H2. The van der Waals surface area contributed by atoms with E-state index in [1.54, 1.807) is 0 Å². The van der Waals surface area contributed by atoms with Crippen LogP contribution < -0.4 is 0 Å². The molecule has 1 unspecified atom stereocenters. The molecule has 9 heteroatoms. The molecule has 2 rings (SSSR count). The molecule has 1 atom stereocenters. The molecule has 0 radical (unpaired) electrons. The Bertz CT molecular complexity index is 360. The third kappa shape index (κ3) is 2.26. The maximum atomic E-state index is 13.4. The minimum atomic E-state index is -2.85. The zero-order valence-corrected chi connectivity index (χ0v) is 9.39. The van der Waals surface area contributed by atoms with E-state index < -0.39 is 24.2 Å². The van der Waals surface area contributed by atoms with Gasteiger partial charge in [0.1, 0.15) is 0 Å². The van der Waals surface area contributed by atoms with Gasteiger partial charge in [0.05, 0.1) is 6.54 Å². The van der Waals surface area contributed by atoms with Gasteiger partial charge in [-0.3, -0.25) is 0 Å². The number of hydrogen-bond donors (Lipinski definition) is 0. The van der Waals surface area contributed by atoms with Crippen LogP contribution in [0.3, 0.4) is 0 Å². The lowest BCUT2D eigenvalue weighted by atomic mass is 10.3. The number of rotatable bonds is 1. The quantitative estimate of drug-likeness (QED) is 0.541. The molecule has 0 aromatic heterocycles. The second kappa shape index (κ2) is 4.05. The van der Waals surface area contributed by atoms with E-state index in [9.17, 15) is 13.2 Å². The molecule has 2 aliphatic rings. The molecule has 2 aliphatic heterocycles. The average Bonchev–Trinajstić information content (AvgIpc) is 2.44. The fraction of sp³-hybridized carbons (Fsp3) is 0.714. The lowest BCUT2D eigenvalue weighted by Gasteiger charge is -2.33. The van der Waals surface area contributed by atoms with Gasteiger partial charge < -0.3 is 0 Å². The molecule has 2 heterocycles. The number of amidine groups is 2. The van der Waals surface area contributed by atoms with Gasteiger partial charge in [0.2, 0.25) is 10.9 Å². The zero-order valence-electron chi connectivity index (χ0n) is 7.88. The highest BCUT2D eigenvalue weighted by Gasteiger charge is 2.43. The first-order valence-electron chi connectivity index (χ1n) is 4.42. The maximum Gasteiger partial charge on any atom is 0.305 e. The van der Waals surface area contributed by atoms with Gasteiger partial charge >= 0.3 is 6.09 Å². The predicted molar refractivity (Wildman–Crippen MR) is 54.4 cm³/mol. The summed E-state index contributed by atoms with van der Waals surface area (Å²) in [6.07, 6.45) is -1.38. The minimum absolute atomic E-state index is 0.00764. The first-order valence-corrected chi connectivity index (χ1v) is 5.24. The topological polar surface area (TPSA) is 31.2 Å². The fourth-order valence-electron chi connectivity index (χ4n) is 1.54. The normalized spacial score (nSPS) is 30.3. The second-order valence-corrected chi connectivity index (χ2v) is 4.16. The van der Waals surface area contributed by atoms with E-state index in [0.717, 1.165) is 10.0 Å². The van der Waals surface area contributed by atoms with Crippen molar-refractivity contribution in [2.24, 2.45) is 9.98 Å². The molecule has 0 spiro atoms. The zero-order chi connectivity index (χ0) is 11.9. The Kier molecular flexibility index (Phi) is 3.02. The summed E-state index contributed by atoms with van der Waals surface area (Å²) in [4.78, 5) is 6.79. The van der Waals surface area contributed by atoms with E-state index >= 15 is 0 Å². The summed E-state index contributed by atoms with van der Waals surface area (Å²) in [5.74, 6) is -2.85. The molecule has 0 bridgehead atoms. The van der Waals surface area contributed by atoms with E-state index in [2.05, 4.69) is 9.98 Å². The molecular weight excluding hydrogens is 268 g/mol. The molecule has 0 saturated carbocycles. The third-order valence-corrected chi connectivity index (χ3v) is 2.71. The van der Waals surface area contributed by atoms with Crippen molar-refractivity contribution >= 4 is 34.6 Å². The molecule has 90 valence electrons. The Balaban J connectivity index is 2.14. The number of hydrazine groups is 1. The van der Waals surface area contributed by atoms with Crippen molar-refractivity contribution in [3.05, 3.63) is 0 Å². The first kappa shape index (κ1) is 11.9. The highest BCUT2D eigenvalue weighted by molar-refractivity contribution is 6.66. The summed E-state index contributed by atoms with van der Waals surface area (Å²) < 4.78 is 39.3. The Hall–Kier alpha value is -0.530. The summed E-state index contributed by atoms with van der Waals surface area (Å²) >= 11 is 11.1. The maximum absolute atomic E-state index is 13.4. The van der Waals surface area contributed by atoms with E-state index in [0.29, 0.717) is 0 Å². The summed E-state index contributed by atoms with van der Waals surface area (Å²) in [5.41, 5.74) is -1.18.